The third-order valence-electron chi connectivity index (χ3n) is 1.46. The molecule has 0 atom stereocenters. The third-order valence-corrected chi connectivity index (χ3v) is 2.26. The van der Waals surface area contributed by atoms with Gasteiger partial charge < -0.3 is 0 Å². The van der Waals surface area contributed by atoms with Gasteiger partial charge in [-0.1, -0.05) is 6.07 Å². The van der Waals surface area contributed by atoms with Crippen molar-refractivity contribution in [1.29, 1.82) is 0 Å². The second-order valence-corrected chi connectivity index (χ2v) is 3.56. The van der Waals surface area contributed by atoms with E-state index >= 15 is 0 Å². The molecule has 4 nitrogen and oxygen atoms in total. The minimum absolute atomic E-state index is 0.0566. The molecule has 0 aliphatic carbocycles. The SMILES string of the molecule is O=[N+]([O-])c1cccc(SNCC(F)F)c1. The smallest absolute Gasteiger partial charge is 0.258 e. The molecule has 7 heteroatoms. The summed E-state index contributed by atoms with van der Waals surface area (Å²) in [4.78, 5) is 10.4. The topological polar surface area (TPSA) is 55.2 Å². The van der Waals surface area contributed by atoms with Crippen molar-refractivity contribution in [2.75, 3.05) is 6.54 Å². The van der Waals surface area contributed by atoms with Crippen LogP contribution in [0.15, 0.2) is 29.2 Å². The van der Waals surface area contributed by atoms with Crippen LogP contribution in [0, 0.1) is 10.1 Å². The van der Waals surface area contributed by atoms with Crippen LogP contribution in [0.5, 0.6) is 0 Å². The van der Waals surface area contributed by atoms with Gasteiger partial charge in [-0.3, -0.25) is 14.8 Å². The Labute approximate surface area is 89.0 Å². The first-order chi connectivity index (χ1) is 7.09. The van der Waals surface area contributed by atoms with Gasteiger partial charge in [0.15, 0.2) is 0 Å². The molecular formula is C8H8F2N2O2S. The van der Waals surface area contributed by atoms with E-state index in [0.29, 0.717) is 4.90 Å². The van der Waals surface area contributed by atoms with E-state index in [0.717, 1.165) is 11.9 Å². The summed E-state index contributed by atoms with van der Waals surface area (Å²) in [5, 5.41) is 10.4. The van der Waals surface area contributed by atoms with Crippen LogP contribution in [0.25, 0.3) is 0 Å². The number of alkyl halides is 2. The Balaban J connectivity index is 2.54. The third kappa shape index (κ3) is 4.22. The zero-order valence-corrected chi connectivity index (χ0v) is 8.34. The number of halogens is 2. The Kier molecular flexibility index (Phi) is 4.44. The molecule has 0 spiro atoms. The van der Waals surface area contributed by atoms with Gasteiger partial charge in [-0.05, 0) is 18.0 Å². The summed E-state index contributed by atoms with van der Waals surface area (Å²) in [6.07, 6.45) is -2.43. The van der Waals surface area contributed by atoms with E-state index in [4.69, 9.17) is 0 Å². The number of benzene rings is 1. The summed E-state index contributed by atoms with van der Waals surface area (Å²) in [6, 6.07) is 5.78. The molecule has 0 fully saturated rings. The zero-order chi connectivity index (χ0) is 11.3. The number of nitro benzene ring substituents is 1. The number of hydrogen-bond donors (Lipinski definition) is 1. The molecular weight excluding hydrogens is 226 g/mol. The van der Waals surface area contributed by atoms with E-state index in [1.165, 1.54) is 18.2 Å². The van der Waals surface area contributed by atoms with Gasteiger partial charge >= 0.3 is 0 Å². The number of non-ortho nitro benzene ring substituents is 1. The molecule has 82 valence electrons. The van der Waals surface area contributed by atoms with E-state index in [1.54, 1.807) is 6.07 Å². The highest BCUT2D eigenvalue weighted by molar-refractivity contribution is 7.97. The minimum atomic E-state index is -2.43. The molecule has 1 rings (SSSR count). The molecule has 15 heavy (non-hydrogen) atoms. The minimum Gasteiger partial charge on any atom is -0.258 e. The van der Waals surface area contributed by atoms with Crippen LogP contribution >= 0.6 is 11.9 Å². The highest BCUT2D eigenvalue weighted by atomic mass is 32.2. The molecule has 0 amide bonds. The van der Waals surface area contributed by atoms with E-state index in [-0.39, 0.29) is 5.69 Å². The Hall–Kier alpha value is -1.21. The average molecular weight is 234 g/mol. The number of nitrogens with one attached hydrogen (secondary N) is 1. The van der Waals surface area contributed by atoms with Crippen LogP contribution in [0.3, 0.4) is 0 Å². The molecule has 0 aliphatic heterocycles. The fourth-order valence-corrected chi connectivity index (χ4v) is 1.55. The lowest BCUT2D eigenvalue weighted by atomic mass is 10.3. The van der Waals surface area contributed by atoms with Crippen LogP contribution in [0.4, 0.5) is 14.5 Å². The molecule has 0 radical (unpaired) electrons. The molecule has 0 aromatic heterocycles. The number of rotatable bonds is 5. The predicted molar refractivity (Wildman–Crippen MR) is 53.0 cm³/mol. The molecule has 1 aromatic carbocycles. The lowest BCUT2D eigenvalue weighted by molar-refractivity contribution is -0.385. The molecule has 0 heterocycles. The fraction of sp³-hybridized carbons (Fsp3) is 0.250. The predicted octanol–water partition coefficient (Wildman–Crippen LogP) is 2.46. The summed E-state index contributed by atoms with van der Waals surface area (Å²) < 4.78 is 25.9. The van der Waals surface area contributed by atoms with E-state index < -0.39 is 17.9 Å². The van der Waals surface area contributed by atoms with Crippen molar-refractivity contribution < 1.29 is 13.7 Å². The van der Waals surface area contributed by atoms with Crippen molar-refractivity contribution in [3.8, 4) is 0 Å². The first kappa shape index (κ1) is 11.9. The maximum Gasteiger partial charge on any atom is 0.270 e. The Bertz CT molecular complexity index is 349. The van der Waals surface area contributed by atoms with Crippen molar-refractivity contribution in [2.24, 2.45) is 0 Å². The van der Waals surface area contributed by atoms with Gasteiger partial charge in [0.1, 0.15) is 0 Å². The van der Waals surface area contributed by atoms with Gasteiger partial charge in [-0.15, -0.1) is 0 Å². The Morgan fingerprint density at radius 2 is 2.27 bits per heavy atom. The van der Waals surface area contributed by atoms with Gasteiger partial charge in [0.25, 0.3) is 12.1 Å². The molecule has 0 bridgehead atoms. The van der Waals surface area contributed by atoms with Crippen molar-refractivity contribution in [3.05, 3.63) is 34.4 Å². The van der Waals surface area contributed by atoms with Crippen LogP contribution < -0.4 is 4.72 Å². The normalized spacial score (nSPS) is 10.6. The van der Waals surface area contributed by atoms with Crippen molar-refractivity contribution in [3.63, 3.8) is 0 Å². The number of nitrogens with zero attached hydrogens (tertiary/aromatic N) is 1. The molecule has 1 aromatic rings. The van der Waals surface area contributed by atoms with Gasteiger partial charge in [0.05, 0.1) is 11.5 Å². The summed E-state index contributed by atoms with van der Waals surface area (Å²) >= 11 is 0.946. The first-order valence-electron chi connectivity index (χ1n) is 4.02. The van der Waals surface area contributed by atoms with Crippen LogP contribution in [-0.2, 0) is 0 Å². The van der Waals surface area contributed by atoms with E-state index in [2.05, 4.69) is 4.72 Å². The Morgan fingerprint density at radius 3 is 2.87 bits per heavy atom. The number of hydrogen-bond acceptors (Lipinski definition) is 4. The highest BCUT2D eigenvalue weighted by Crippen LogP contribution is 2.20. The van der Waals surface area contributed by atoms with E-state index in [1.807, 2.05) is 0 Å². The van der Waals surface area contributed by atoms with Gasteiger partial charge in [-0.25, -0.2) is 8.78 Å². The highest BCUT2D eigenvalue weighted by Gasteiger charge is 2.06. The monoisotopic (exact) mass is 234 g/mol. The second kappa shape index (κ2) is 5.62. The standard InChI is InChI=1S/C8H8F2N2O2S/c9-8(10)5-11-15-7-3-1-2-6(4-7)12(13)14/h1-4,8,11H,5H2. The number of nitro groups is 1. The molecule has 0 aliphatic rings. The largest absolute Gasteiger partial charge is 0.270 e. The summed E-state index contributed by atoms with van der Waals surface area (Å²) in [7, 11) is 0. The van der Waals surface area contributed by atoms with Crippen LogP contribution in [-0.4, -0.2) is 17.9 Å². The van der Waals surface area contributed by atoms with Crippen molar-refractivity contribution in [2.45, 2.75) is 11.3 Å². The maximum atomic E-state index is 11.8. The van der Waals surface area contributed by atoms with Crippen molar-refractivity contribution in [1.82, 2.24) is 4.72 Å². The summed E-state index contributed by atoms with van der Waals surface area (Å²) in [5.41, 5.74) is -0.0566. The average Bonchev–Trinajstić information content (AvgIpc) is 2.17. The Morgan fingerprint density at radius 1 is 1.53 bits per heavy atom. The first-order valence-corrected chi connectivity index (χ1v) is 4.83. The fourth-order valence-electron chi connectivity index (χ4n) is 0.849. The maximum absolute atomic E-state index is 11.8. The van der Waals surface area contributed by atoms with Gasteiger partial charge in [0.2, 0.25) is 0 Å². The molecule has 0 saturated heterocycles. The van der Waals surface area contributed by atoms with E-state index in [9.17, 15) is 18.9 Å². The molecule has 0 saturated carbocycles. The summed E-state index contributed by atoms with van der Waals surface area (Å²) in [5.74, 6) is 0. The van der Waals surface area contributed by atoms with Crippen LogP contribution in [0.1, 0.15) is 0 Å². The van der Waals surface area contributed by atoms with Gasteiger partial charge in [0, 0.05) is 17.0 Å². The summed E-state index contributed by atoms with van der Waals surface area (Å²) in [6.45, 7) is -0.451. The zero-order valence-electron chi connectivity index (χ0n) is 7.52. The lowest BCUT2D eigenvalue weighted by Gasteiger charge is -2.02. The van der Waals surface area contributed by atoms with Crippen LogP contribution in [0.2, 0.25) is 0 Å². The quantitative estimate of drug-likeness (QED) is 0.483. The van der Waals surface area contributed by atoms with Gasteiger partial charge in [-0.2, -0.15) is 0 Å². The van der Waals surface area contributed by atoms with Crippen molar-refractivity contribution >= 4 is 17.6 Å². The molecule has 0 unspecified atom stereocenters. The molecule has 1 N–H and O–H groups in total. The lowest BCUT2D eigenvalue weighted by Crippen LogP contribution is -2.13. The second-order valence-electron chi connectivity index (χ2n) is 2.60.